The summed E-state index contributed by atoms with van der Waals surface area (Å²) in [4.78, 5) is 35.1. The molecule has 0 bridgehead atoms. The van der Waals surface area contributed by atoms with Gasteiger partial charge in [0.25, 0.3) is 0 Å². The van der Waals surface area contributed by atoms with E-state index in [4.69, 9.17) is 4.74 Å². The van der Waals surface area contributed by atoms with Gasteiger partial charge in [-0.3, -0.25) is 4.79 Å². The molecule has 2 N–H and O–H groups in total. The number of hydrogen-bond donors (Lipinski definition) is 2. The Kier molecular flexibility index (Phi) is 12.9. The number of aldehydes is 2. The van der Waals surface area contributed by atoms with Crippen LogP contribution in [-0.4, -0.2) is 70.8 Å². The highest BCUT2D eigenvalue weighted by atomic mass is 32.2. The van der Waals surface area contributed by atoms with Crippen molar-refractivity contribution in [2.75, 3.05) is 18.1 Å². The highest BCUT2D eigenvalue weighted by Gasteiger charge is 2.33. The average molecular weight is 489 g/mol. The van der Waals surface area contributed by atoms with Crippen LogP contribution in [-0.2, 0) is 19.1 Å². The maximum absolute atomic E-state index is 12.4. The van der Waals surface area contributed by atoms with Crippen LogP contribution in [0.4, 0.5) is 0 Å². The molecule has 4 unspecified atom stereocenters. The van der Waals surface area contributed by atoms with Crippen LogP contribution in [0.2, 0.25) is 0 Å². The third kappa shape index (κ3) is 12.6. The van der Waals surface area contributed by atoms with Crippen molar-refractivity contribution in [1.82, 2.24) is 10.6 Å². The van der Waals surface area contributed by atoms with Crippen molar-refractivity contribution >= 4 is 42.0 Å². The minimum atomic E-state index is -0.470. The van der Waals surface area contributed by atoms with Crippen LogP contribution in [0, 0.1) is 5.41 Å². The summed E-state index contributed by atoms with van der Waals surface area (Å²) in [6.45, 7) is 15.1. The fraction of sp³-hybridized carbons (Fsp3) is 0.875. The zero-order valence-electron chi connectivity index (χ0n) is 20.9. The number of amides is 1. The summed E-state index contributed by atoms with van der Waals surface area (Å²) >= 11 is 3.59. The molecule has 1 aliphatic rings. The first-order valence-corrected chi connectivity index (χ1v) is 13.8. The number of hydrogen-bond acceptors (Lipinski definition) is 7. The van der Waals surface area contributed by atoms with E-state index in [1.807, 2.05) is 39.5 Å². The van der Waals surface area contributed by atoms with Gasteiger partial charge in [-0.25, -0.2) is 0 Å². The maximum atomic E-state index is 12.4. The van der Waals surface area contributed by atoms with Gasteiger partial charge in [0.1, 0.15) is 12.6 Å². The van der Waals surface area contributed by atoms with Gasteiger partial charge in [-0.1, -0.05) is 34.6 Å². The molecular formula is C24H44N2O4S2. The minimum absolute atomic E-state index is 0.0795. The molecule has 0 aliphatic heterocycles. The number of rotatable bonds is 16. The van der Waals surface area contributed by atoms with E-state index in [1.165, 1.54) is 0 Å². The molecule has 32 heavy (non-hydrogen) atoms. The number of carbonyl (C=O) groups excluding carboxylic acids is 3. The molecule has 1 aliphatic carbocycles. The second kappa shape index (κ2) is 14.0. The van der Waals surface area contributed by atoms with Crippen molar-refractivity contribution in [2.24, 2.45) is 5.41 Å². The zero-order valence-corrected chi connectivity index (χ0v) is 22.6. The van der Waals surface area contributed by atoms with Crippen molar-refractivity contribution in [3.8, 4) is 0 Å². The Bertz CT molecular complexity index is 593. The molecule has 0 radical (unpaired) electrons. The van der Waals surface area contributed by atoms with Crippen LogP contribution in [0.1, 0.15) is 74.1 Å². The van der Waals surface area contributed by atoms with E-state index in [0.717, 1.165) is 31.2 Å². The largest absolute Gasteiger partial charge is 0.375 e. The van der Waals surface area contributed by atoms with Gasteiger partial charge in [-0.2, -0.15) is 23.5 Å². The lowest BCUT2D eigenvalue weighted by molar-refractivity contribution is -0.125. The second-order valence-corrected chi connectivity index (χ2v) is 13.3. The summed E-state index contributed by atoms with van der Waals surface area (Å²) in [6, 6.07) is -0.308. The minimum Gasteiger partial charge on any atom is -0.375 e. The lowest BCUT2D eigenvalue weighted by Crippen LogP contribution is -2.42. The maximum Gasteiger partial charge on any atom is 0.220 e. The molecule has 0 aromatic rings. The summed E-state index contributed by atoms with van der Waals surface area (Å²) in [5.41, 5.74) is -0.299. The molecular weight excluding hydrogens is 444 g/mol. The lowest BCUT2D eigenvalue weighted by atomic mass is 9.96. The Morgan fingerprint density at radius 2 is 1.53 bits per heavy atom. The quantitative estimate of drug-likeness (QED) is 0.319. The van der Waals surface area contributed by atoms with Gasteiger partial charge in [0.05, 0.1) is 24.3 Å². The van der Waals surface area contributed by atoms with Crippen LogP contribution in [0.15, 0.2) is 0 Å². The molecule has 0 saturated heterocycles. The predicted octanol–water partition coefficient (Wildman–Crippen LogP) is 3.85. The fourth-order valence-corrected chi connectivity index (χ4v) is 6.15. The highest BCUT2D eigenvalue weighted by Crippen LogP contribution is 2.40. The van der Waals surface area contributed by atoms with E-state index in [0.29, 0.717) is 35.7 Å². The first-order chi connectivity index (χ1) is 14.8. The molecule has 1 fully saturated rings. The van der Waals surface area contributed by atoms with Crippen molar-refractivity contribution in [3.05, 3.63) is 0 Å². The second-order valence-electron chi connectivity index (χ2n) is 10.8. The van der Waals surface area contributed by atoms with E-state index in [-0.39, 0.29) is 29.0 Å². The summed E-state index contributed by atoms with van der Waals surface area (Å²) in [7, 11) is 0. The van der Waals surface area contributed by atoms with E-state index >= 15 is 0 Å². The number of ether oxygens (including phenoxy) is 1. The van der Waals surface area contributed by atoms with E-state index in [9.17, 15) is 14.4 Å². The van der Waals surface area contributed by atoms with Gasteiger partial charge in [-0.05, 0) is 38.5 Å². The first-order valence-electron chi connectivity index (χ1n) is 11.7. The van der Waals surface area contributed by atoms with Gasteiger partial charge in [-0.15, -0.1) is 0 Å². The van der Waals surface area contributed by atoms with Gasteiger partial charge < -0.3 is 25.0 Å². The Hall–Kier alpha value is -0.570. The summed E-state index contributed by atoms with van der Waals surface area (Å²) in [5, 5.41) is 7.10. The smallest absolute Gasteiger partial charge is 0.220 e. The van der Waals surface area contributed by atoms with Gasteiger partial charge in [0.15, 0.2) is 0 Å². The van der Waals surface area contributed by atoms with E-state index in [1.54, 1.807) is 11.8 Å². The average Bonchev–Trinajstić information content (AvgIpc) is 2.68. The normalized spacial score (nSPS) is 21.0. The molecule has 4 atom stereocenters. The topological polar surface area (TPSA) is 84.5 Å². The number of carbonyl (C=O) groups is 3. The van der Waals surface area contributed by atoms with Crippen molar-refractivity contribution < 1.29 is 19.1 Å². The van der Waals surface area contributed by atoms with Crippen LogP contribution in [0.5, 0.6) is 0 Å². The Morgan fingerprint density at radius 1 is 1.00 bits per heavy atom. The van der Waals surface area contributed by atoms with Gasteiger partial charge in [0, 0.05) is 34.5 Å². The van der Waals surface area contributed by atoms with Crippen LogP contribution in [0.25, 0.3) is 0 Å². The molecule has 1 saturated carbocycles. The Balaban J connectivity index is 2.34. The van der Waals surface area contributed by atoms with Crippen LogP contribution in [0.3, 0.4) is 0 Å². The Labute approximate surface area is 203 Å². The summed E-state index contributed by atoms with van der Waals surface area (Å²) in [6.07, 6.45) is 5.02. The lowest BCUT2D eigenvalue weighted by Gasteiger charge is -2.36. The SMILES string of the molecule is CC(C)NC(C=O)CSC1CCC1SCC(C=O)NC(=O)CCC(C)(C)OCC(C)(C)C. The van der Waals surface area contributed by atoms with Crippen LogP contribution < -0.4 is 10.6 Å². The predicted molar refractivity (Wildman–Crippen MR) is 137 cm³/mol. The van der Waals surface area contributed by atoms with Crippen molar-refractivity contribution in [2.45, 2.75) is 108 Å². The molecule has 0 spiro atoms. The highest BCUT2D eigenvalue weighted by molar-refractivity contribution is 8.04. The van der Waals surface area contributed by atoms with Crippen LogP contribution >= 0.6 is 23.5 Å². The van der Waals surface area contributed by atoms with Gasteiger partial charge in [0.2, 0.25) is 5.91 Å². The monoisotopic (exact) mass is 488 g/mol. The molecule has 186 valence electrons. The molecule has 0 aromatic heterocycles. The van der Waals surface area contributed by atoms with Crippen molar-refractivity contribution in [1.29, 1.82) is 0 Å². The number of thioether (sulfide) groups is 2. The third-order valence-corrected chi connectivity index (χ3v) is 8.46. The standard InChI is InChI=1S/C24H44N2O4S2/c1-17(2)25-18(12-27)14-31-20-8-9-21(20)32-15-19(13-28)26-22(29)10-11-24(6,7)30-16-23(3,4)5/h12-13,17-21,25H,8-11,14-16H2,1-7H3,(H,26,29). The first kappa shape index (κ1) is 29.5. The van der Waals surface area contributed by atoms with Crippen molar-refractivity contribution in [3.63, 3.8) is 0 Å². The number of nitrogens with one attached hydrogen (secondary N) is 2. The fourth-order valence-electron chi connectivity index (χ4n) is 3.12. The molecule has 6 nitrogen and oxygen atoms in total. The third-order valence-electron chi connectivity index (χ3n) is 5.20. The molecule has 0 aromatic carbocycles. The molecule has 8 heteroatoms. The summed E-state index contributed by atoms with van der Waals surface area (Å²) < 4.78 is 5.98. The zero-order chi connectivity index (χ0) is 24.4. The molecule has 1 amide bonds. The molecule has 1 rings (SSSR count). The van der Waals surface area contributed by atoms with E-state index in [2.05, 4.69) is 31.4 Å². The Morgan fingerprint density at radius 3 is 1.97 bits per heavy atom. The molecule has 0 heterocycles. The van der Waals surface area contributed by atoms with Gasteiger partial charge >= 0.3 is 0 Å². The van der Waals surface area contributed by atoms with E-state index < -0.39 is 6.04 Å². The summed E-state index contributed by atoms with van der Waals surface area (Å²) in [5.74, 6) is 1.25.